The van der Waals surface area contributed by atoms with Gasteiger partial charge in [-0.15, -0.1) is 11.3 Å². The average Bonchev–Trinajstić information content (AvgIpc) is 2.87. The first kappa shape index (κ1) is 14.3. The highest BCUT2D eigenvalue weighted by Crippen LogP contribution is 2.34. The normalized spacial score (nSPS) is 12.7. The molecular formula is C19H21NS. The molecule has 0 fully saturated rings. The summed E-state index contributed by atoms with van der Waals surface area (Å²) in [5, 5.41) is 7.32. The van der Waals surface area contributed by atoms with Crippen molar-refractivity contribution in [1.29, 1.82) is 0 Å². The molecule has 1 heterocycles. The van der Waals surface area contributed by atoms with Crippen LogP contribution in [0.1, 0.15) is 35.2 Å². The summed E-state index contributed by atoms with van der Waals surface area (Å²) in [6, 6.07) is 15.8. The van der Waals surface area contributed by atoms with Gasteiger partial charge in [-0.2, -0.15) is 0 Å². The molecule has 0 amide bonds. The van der Waals surface area contributed by atoms with E-state index in [2.05, 4.69) is 73.9 Å². The van der Waals surface area contributed by atoms with E-state index in [1.54, 1.807) is 0 Å². The number of hydrogen-bond acceptors (Lipinski definition) is 2. The molecule has 0 saturated heterocycles. The first-order chi connectivity index (χ1) is 10.2. The van der Waals surface area contributed by atoms with Gasteiger partial charge in [-0.3, -0.25) is 0 Å². The molecule has 1 nitrogen and oxygen atoms in total. The zero-order valence-electron chi connectivity index (χ0n) is 12.8. The van der Waals surface area contributed by atoms with E-state index in [4.69, 9.17) is 0 Å². The van der Waals surface area contributed by atoms with Crippen molar-refractivity contribution < 1.29 is 0 Å². The topological polar surface area (TPSA) is 12.0 Å². The summed E-state index contributed by atoms with van der Waals surface area (Å²) in [7, 11) is 0. The number of rotatable bonds is 4. The third-order valence-corrected chi connectivity index (χ3v) is 4.79. The Morgan fingerprint density at radius 1 is 1.05 bits per heavy atom. The third kappa shape index (κ3) is 2.87. The summed E-state index contributed by atoms with van der Waals surface area (Å²) in [6.45, 7) is 7.47. The summed E-state index contributed by atoms with van der Waals surface area (Å²) in [5.74, 6) is 0. The highest BCUT2D eigenvalue weighted by molar-refractivity contribution is 7.17. The highest BCUT2D eigenvalue weighted by atomic mass is 32.1. The molecule has 0 bridgehead atoms. The lowest BCUT2D eigenvalue weighted by atomic mass is 9.95. The monoisotopic (exact) mass is 295 g/mol. The Morgan fingerprint density at radius 2 is 1.76 bits per heavy atom. The van der Waals surface area contributed by atoms with E-state index in [1.165, 1.54) is 32.3 Å². The van der Waals surface area contributed by atoms with E-state index < -0.39 is 0 Å². The number of aryl methyl sites for hydroxylation is 2. The van der Waals surface area contributed by atoms with E-state index in [1.807, 2.05) is 11.3 Å². The Balaban J connectivity index is 2.13. The predicted octanol–water partition coefficient (Wildman–Crippen LogP) is 5.22. The first-order valence-electron chi connectivity index (χ1n) is 7.46. The van der Waals surface area contributed by atoms with Crippen molar-refractivity contribution in [3.8, 4) is 0 Å². The second kappa shape index (κ2) is 6.00. The Morgan fingerprint density at radius 3 is 2.48 bits per heavy atom. The second-order valence-electron chi connectivity index (χ2n) is 5.60. The van der Waals surface area contributed by atoms with E-state index in [9.17, 15) is 0 Å². The third-order valence-electron chi connectivity index (χ3n) is 3.81. The van der Waals surface area contributed by atoms with Gasteiger partial charge in [0.1, 0.15) is 0 Å². The van der Waals surface area contributed by atoms with Crippen LogP contribution >= 0.6 is 11.3 Å². The molecule has 0 saturated carbocycles. The number of benzene rings is 2. The standard InChI is InChI=1S/C19H21NS/c1-4-20-19(15-10-13(2)9-14(3)11-15)17-12-21-18-8-6-5-7-16(17)18/h5-12,19-20H,4H2,1-3H3. The predicted molar refractivity (Wildman–Crippen MR) is 93.3 cm³/mol. The zero-order valence-corrected chi connectivity index (χ0v) is 13.6. The van der Waals surface area contributed by atoms with Gasteiger partial charge in [0.15, 0.2) is 0 Å². The lowest BCUT2D eigenvalue weighted by molar-refractivity contribution is 0.635. The first-order valence-corrected chi connectivity index (χ1v) is 8.34. The summed E-state index contributed by atoms with van der Waals surface area (Å²) in [5.41, 5.74) is 5.40. The number of hydrogen-bond donors (Lipinski definition) is 1. The van der Waals surface area contributed by atoms with Crippen molar-refractivity contribution >= 4 is 21.4 Å². The van der Waals surface area contributed by atoms with Gasteiger partial charge in [-0.25, -0.2) is 0 Å². The van der Waals surface area contributed by atoms with E-state index in [-0.39, 0.29) is 6.04 Å². The number of fused-ring (bicyclic) bond motifs is 1. The molecule has 1 N–H and O–H groups in total. The number of nitrogens with one attached hydrogen (secondary N) is 1. The minimum absolute atomic E-state index is 0.268. The molecule has 21 heavy (non-hydrogen) atoms. The van der Waals surface area contributed by atoms with Crippen LogP contribution in [-0.2, 0) is 0 Å². The molecule has 2 aromatic carbocycles. The van der Waals surface area contributed by atoms with E-state index in [0.29, 0.717) is 0 Å². The Labute approximate surface area is 130 Å². The minimum atomic E-state index is 0.268. The molecule has 0 spiro atoms. The van der Waals surface area contributed by atoms with Crippen molar-refractivity contribution in [2.24, 2.45) is 0 Å². The van der Waals surface area contributed by atoms with Crippen LogP contribution in [0.15, 0.2) is 47.8 Å². The van der Waals surface area contributed by atoms with Gasteiger partial charge < -0.3 is 5.32 Å². The Hall–Kier alpha value is -1.64. The van der Waals surface area contributed by atoms with Gasteiger partial charge in [0.25, 0.3) is 0 Å². The van der Waals surface area contributed by atoms with Crippen molar-refractivity contribution in [1.82, 2.24) is 5.32 Å². The molecule has 0 aliphatic heterocycles. The SMILES string of the molecule is CCNC(c1cc(C)cc(C)c1)c1csc2ccccc12. The smallest absolute Gasteiger partial charge is 0.0591 e. The molecule has 2 heteroatoms. The van der Waals surface area contributed by atoms with Gasteiger partial charge in [-0.05, 0) is 48.4 Å². The number of thiophene rings is 1. The molecule has 1 aromatic heterocycles. The summed E-state index contributed by atoms with van der Waals surface area (Å²) in [6.07, 6.45) is 0. The Bertz CT molecular complexity index is 737. The zero-order chi connectivity index (χ0) is 14.8. The molecule has 0 aliphatic rings. The maximum Gasteiger partial charge on any atom is 0.0591 e. The van der Waals surface area contributed by atoms with Crippen LogP contribution in [0.4, 0.5) is 0 Å². The van der Waals surface area contributed by atoms with Crippen molar-refractivity contribution in [2.45, 2.75) is 26.8 Å². The van der Waals surface area contributed by atoms with Crippen molar-refractivity contribution in [3.63, 3.8) is 0 Å². The summed E-state index contributed by atoms with van der Waals surface area (Å²) < 4.78 is 1.36. The largest absolute Gasteiger partial charge is 0.306 e. The fourth-order valence-electron chi connectivity index (χ4n) is 3.01. The van der Waals surface area contributed by atoms with E-state index >= 15 is 0 Å². The molecule has 3 rings (SSSR count). The summed E-state index contributed by atoms with van der Waals surface area (Å²) >= 11 is 1.83. The van der Waals surface area contributed by atoms with Crippen LogP contribution in [0.5, 0.6) is 0 Å². The molecule has 0 aliphatic carbocycles. The molecule has 1 unspecified atom stereocenters. The second-order valence-corrected chi connectivity index (χ2v) is 6.51. The van der Waals surface area contributed by atoms with Crippen molar-refractivity contribution in [3.05, 3.63) is 70.1 Å². The molecular weight excluding hydrogens is 274 g/mol. The van der Waals surface area contributed by atoms with Gasteiger partial charge in [0.2, 0.25) is 0 Å². The van der Waals surface area contributed by atoms with Crippen LogP contribution in [0.3, 0.4) is 0 Å². The quantitative estimate of drug-likeness (QED) is 0.696. The van der Waals surface area contributed by atoms with E-state index in [0.717, 1.165) is 6.54 Å². The van der Waals surface area contributed by atoms with Gasteiger partial charge in [0.05, 0.1) is 6.04 Å². The summed E-state index contributed by atoms with van der Waals surface area (Å²) in [4.78, 5) is 0. The fourth-order valence-corrected chi connectivity index (χ4v) is 4.00. The fraction of sp³-hybridized carbons (Fsp3) is 0.263. The van der Waals surface area contributed by atoms with Crippen LogP contribution in [-0.4, -0.2) is 6.54 Å². The minimum Gasteiger partial charge on any atom is -0.306 e. The van der Waals surface area contributed by atoms with Crippen LogP contribution in [0.25, 0.3) is 10.1 Å². The van der Waals surface area contributed by atoms with Gasteiger partial charge in [0, 0.05) is 4.70 Å². The highest BCUT2D eigenvalue weighted by Gasteiger charge is 2.17. The van der Waals surface area contributed by atoms with Crippen LogP contribution in [0, 0.1) is 13.8 Å². The van der Waals surface area contributed by atoms with Crippen LogP contribution in [0.2, 0.25) is 0 Å². The molecule has 1 atom stereocenters. The lowest BCUT2D eigenvalue weighted by Crippen LogP contribution is -2.21. The van der Waals surface area contributed by atoms with Gasteiger partial charge in [-0.1, -0.05) is 54.4 Å². The van der Waals surface area contributed by atoms with Crippen LogP contribution < -0.4 is 5.32 Å². The van der Waals surface area contributed by atoms with Crippen molar-refractivity contribution in [2.75, 3.05) is 6.54 Å². The maximum atomic E-state index is 3.65. The molecule has 108 valence electrons. The molecule has 0 radical (unpaired) electrons. The average molecular weight is 295 g/mol. The molecule has 3 aromatic rings. The lowest BCUT2D eigenvalue weighted by Gasteiger charge is -2.19. The maximum absolute atomic E-state index is 3.65. The Kier molecular flexibility index (Phi) is 4.09. The van der Waals surface area contributed by atoms with Gasteiger partial charge >= 0.3 is 0 Å².